The van der Waals surface area contributed by atoms with Crippen LogP contribution < -0.4 is 0 Å². The van der Waals surface area contributed by atoms with Crippen molar-refractivity contribution in [3.8, 4) is 0 Å². The molecule has 0 aromatic rings. The van der Waals surface area contributed by atoms with Crippen molar-refractivity contribution in [2.24, 2.45) is 0 Å². The van der Waals surface area contributed by atoms with Gasteiger partial charge in [0, 0.05) is 17.1 Å². The third-order valence-electron chi connectivity index (χ3n) is 0.778. The zero-order chi connectivity index (χ0) is 10.9. The Hall–Kier alpha value is 1.44. The van der Waals surface area contributed by atoms with E-state index in [0.29, 0.717) is 0 Å². The summed E-state index contributed by atoms with van der Waals surface area (Å²) in [6.07, 6.45) is 0. The molecule has 0 aliphatic carbocycles. The Kier molecular flexibility index (Phi) is 7.22. The zero-order valence-corrected chi connectivity index (χ0v) is 13.0. The number of rotatable bonds is 2. The summed E-state index contributed by atoms with van der Waals surface area (Å²) in [5.74, 6) is 0. The van der Waals surface area contributed by atoms with Crippen LogP contribution >= 0.6 is 17.9 Å². The Morgan fingerprint density at radius 2 is 1.14 bits per heavy atom. The van der Waals surface area contributed by atoms with Gasteiger partial charge in [-0.1, -0.05) is 12.2 Å². The fourth-order valence-corrected chi connectivity index (χ4v) is 4.94. The van der Waals surface area contributed by atoms with Gasteiger partial charge in [-0.25, -0.2) is 0 Å². The Morgan fingerprint density at radius 3 is 1.29 bits per heavy atom. The zero-order valence-electron chi connectivity index (χ0n) is 9.42. The topological polar surface area (TPSA) is 18.5 Å². The Balaban J connectivity index is 0. The fourth-order valence-electron chi connectivity index (χ4n) is 0.711. The van der Waals surface area contributed by atoms with E-state index in [4.69, 9.17) is 20.9 Å². The van der Waals surface area contributed by atoms with Crippen molar-refractivity contribution in [3.05, 3.63) is 0 Å². The first-order valence-electron chi connectivity index (χ1n) is 4.16. The van der Waals surface area contributed by atoms with E-state index in [9.17, 15) is 0 Å². The van der Waals surface area contributed by atoms with Crippen LogP contribution in [0.5, 0.6) is 0 Å². The van der Waals surface area contributed by atoms with Crippen LogP contribution in [0.3, 0.4) is 0 Å². The second kappa shape index (κ2) is 5.67. The molecule has 91 valence electrons. The van der Waals surface area contributed by atoms with Gasteiger partial charge in [-0.15, -0.1) is 0 Å². The molecule has 0 amide bonds. The summed E-state index contributed by atoms with van der Waals surface area (Å²) in [4.78, 5) is 0. The van der Waals surface area contributed by atoms with Crippen LogP contribution in [0.1, 0.15) is 41.5 Å². The summed E-state index contributed by atoms with van der Waals surface area (Å²) in [5.41, 5.74) is -3.01. The van der Waals surface area contributed by atoms with Crippen molar-refractivity contribution < 1.29 is 26.1 Å². The molecule has 0 saturated carbocycles. The van der Waals surface area contributed by atoms with E-state index in [1.807, 2.05) is 41.5 Å². The molecule has 0 N–H and O–H groups in total. The molecule has 0 spiro atoms. The molecule has 0 saturated heterocycles. The minimum Gasteiger partial charge on any atom is -0.316 e. The largest absolute Gasteiger partial charge is 0.316 e. The summed E-state index contributed by atoms with van der Waals surface area (Å²) >= 11 is 9.43. The van der Waals surface area contributed by atoms with E-state index in [1.54, 1.807) is 0 Å². The van der Waals surface area contributed by atoms with Crippen molar-refractivity contribution in [2.75, 3.05) is 0 Å². The van der Waals surface area contributed by atoms with E-state index < -0.39 is 5.69 Å². The molecule has 0 aromatic heterocycles. The van der Waals surface area contributed by atoms with Gasteiger partial charge < -0.3 is 9.05 Å². The van der Waals surface area contributed by atoms with Gasteiger partial charge in [0.2, 0.25) is 5.69 Å². The van der Waals surface area contributed by atoms with Crippen molar-refractivity contribution in [2.45, 2.75) is 52.7 Å². The molecule has 1 radical (unpaired) electrons. The average Bonchev–Trinajstić information content (AvgIpc) is 1.43. The van der Waals surface area contributed by atoms with Crippen molar-refractivity contribution in [3.63, 3.8) is 0 Å². The first-order valence-corrected chi connectivity index (χ1v) is 7.95. The van der Waals surface area contributed by atoms with Gasteiger partial charge in [0.25, 0.3) is 0 Å². The molecule has 14 heavy (non-hydrogen) atoms. The van der Waals surface area contributed by atoms with Gasteiger partial charge in [-0.2, -0.15) is 0 Å². The maximum Gasteiger partial charge on any atom is 0.245 e. The van der Waals surface area contributed by atoms with E-state index in [0.717, 1.165) is 0 Å². The SMILES string of the molecule is CC(C)(C)OP(=S)(S)OC(C)(C)C.[Cu]. The molecule has 0 aromatic carbocycles. The van der Waals surface area contributed by atoms with Crippen molar-refractivity contribution in [1.29, 1.82) is 0 Å². The maximum atomic E-state index is 5.57. The van der Waals surface area contributed by atoms with E-state index in [-0.39, 0.29) is 28.3 Å². The van der Waals surface area contributed by atoms with E-state index >= 15 is 0 Å². The fraction of sp³-hybridized carbons (Fsp3) is 1.00. The smallest absolute Gasteiger partial charge is 0.245 e. The van der Waals surface area contributed by atoms with Crippen LogP contribution in [0.4, 0.5) is 0 Å². The predicted molar refractivity (Wildman–Crippen MR) is 64.9 cm³/mol. The van der Waals surface area contributed by atoms with Crippen LogP contribution in [0.25, 0.3) is 0 Å². The quantitative estimate of drug-likeness (QED) is 0.476. The summed E-state index contributed by atoms with van der Waals surface area (Å²) < 4.78 is 11.1. The van der Waals surface area contributed by atoms with Gasteiger partial charge in [-0.3, -0.25) is 0 Å². The van der Waals surface area contributed by atoms with Gasteiger partial charge in [0.15, 0.2) is 0 Å². The molecular weight excluding hydrogens is 287 g/mol. The molecule has 0 unspecified atom stereocenters. The standard InChI is InChI=1S/C8H19O2PS2.Cu/c1-7(2,3)9-11(12,13)10-8(4,5)6;/h1-6H3,(H,12,13);. The molecule has 0 heterocycles. The van der Waals surface area contributed by atoms with Crippen LogP contribution in [-0.2, 0) is 37.9 Å². The minimum atomic E-state index is -2.41. The Labute approximate surface area is 108 Å². The number of hydrogen-bond acceptors (Lipinski definition) is 3. The van der Waals surface area contributed by atoms with Gasteiger partial charge in [0.1, 0.15) is 0 Å². The van der Waals surface area contributed by atoms with E-state index in [2.05, 4.69) is 12.2 Å². The molecule has 0 bridgehead atoms. The van der Waals surface area contributed by atoms with Gasteiger partial charge >= 0.3 is 0 Å². The molecule has 0 aliphatic rings. The van der Waals surface area contributed by atoms with Gasteiger partial charge in [-0.05, 0) is 53.3 Å². The second-order valence-corrected chi connectivity index (χ2v) is 10.0. The monoisotopic (exact) mass is 305 g/mol. The molecule has 0 aliphatic heterocycles. The summed E-state index contributed by atoms with van der Waals surface area (Å²) in [5, 5.41) is 0. The van der Waals surface area contributed by atoms with Crippen molar-refractivity contribution >= 4 is 29.7 Å². The van der Waals surface area contributed by atoms with Crippen molar-refractivity contribution in [1.82, 2.24) is 0 Å². The minimum absolute atomic E-state index is 0. The van der Waals surface area contributed by atoms with Crippen LogP contribution in [0.15, 0.2) is 0 Å². The Bertz CT molecular complexity index is 200. The second-order valence-electron chi connectivity index (χ2n) is 4.88. The number of thiol groups is 1. The molecular formula is C8H19CuO2PS2. The average molecular weight is 306 g/mol. The van der Waals surface area contributed by atoms with E-state index in [1.165, 1.54) is 0 Å². The first-order chi connectivity index (χ1) is 5.41. The Morgan fingerprint density at radius 1 is 0.929 bits per heavy atom. The molecule has 0 fully saturated rings. The first kappa shape index (κ1) is 17.8. The third-order valence-corrected chi connectivity index (χ3v) is 3.27. The third kappa shape index (κ3) is 11.5. The van der Waals surface area contributed by atoms with Crippen LogP contribution in [0, 0.1) is 0 Å². The molecule has 2 nitrogen and oxygen atoms in total. The normalized spacial score (nSPS) is 13.6. The molecule has 6 heteroatoms. The van der Waals surface area contributed by atoms with Crippen LogP contribution in [-0.4, -0.2) is 11.2 Å². The maximum absolute atomic E-state index is 5.57. The summed E-state index contributed by atoms with van der Waals surface area (Å²) in [6.45, 7) is 11.6. The molecule has 0 rings (SSSR count). The predicted octanol–water partition coefficient (Wildman–Crippen LogP) is 3.77. The van der Waals surface area contributed by atoms with Gasteiger partial charge in [0.05, 0.1) is 11.2 Å². The summed E-state index contributed by atoms with van der Waals surface area (Å²) in [6, 6.07) is 0. The molecule has 0 atom stereocenters. The number of hydrogen-bond donors (Lipinski definition) is 1. The van der Waals surface area contributed by atoms with Crippen LogP contribution in [0.2, 0.25) is 0 Å². The summed E-state index contributed by atoms with van der Waals surface area (Å²) in [7, 11) is 0.